The predicted molar refractivity (Wildman–Crippen MR) is 135 cm³/mol. The number of thioether (sulfide) groups is 1. The molecule has 0 aromatic heterocycles. The van der Waals surface area contributed by atoms with Gasteiger partial charge in [-0.15, -0.1) is 0 Å². The topological polar surface area (TPSA) is 23.6 Å². The van der Waals surface area contributed by atoms with Crippen molar-refractivity contribution < 1.29 is 4.79 Å². The zero-order valence-electron chi connectivity index (χ0n) is 19.3. The summed E-state index contributed by atoms with van der Waals surface area (Å²) in [6, 6.07) is 17.1. The van der Waals surface area contributed by atoms with Crippen LogP contribution in [0.1, 0.15) is 46.1 Å². The summed E-state index contributed by atoms with van der Waals surface area (Å²) < 4.78 is 0. The van der Waals surface area contributed by atoms with Gasteiger partial charge in [0, 0.05) is 45.9 Å². The van der Waals surface area contributed by atoms with E-state index in [9.17, 15) is 4.79 Å². The van der Waals surface area contributed by atoms with E-state index in [-0.39, 0.29) is 11.2 Å². The Balaban J connectivity index is 1.48. The van der Waals surface area contributed by atoms with Gasteiger partial charge in [-0.3, -0.25) is 4.79 Å². The van der Waals surface area contributed by atoms with Crippen LogP contribution in [0.5, 0.6) is 0 Å². The van der Waals surface area contributed by atoms with E-state index in [4.69, 9.17) is 0 Å². The fourth-order valence-electron chi connectivity index (χ4n) is 5.28. The molecule has 0 unspecified atom stereocenters. The van der Waals surface area contributed by atoms with Crippen molar-refractivity contribution in [3.05, 3.63) is 88.1 Å². The zero-order chi connectivity index (χ0) is 22.5. The Hall–Kier alpha value is -2.72. The Morgan fingerprint density at radius 2 is 1.59 bits per heavy atom. The maximum Gasteiger partial charge on any atom is 0.187 e. The lowest BCUT2D eigenvalue weighted by atomic mass is 9.83. The smallest absolute Gasteiger partial charge is 0.187 e. The van der Waals surface area contributed by atoms with Crippen molar-refractivity contribution in [3.63, 3.8) is 0 Å². The number of hydrogen-bond acceptors (Lipinski definition) is 4. The third kappa shape index (κ3) is 3.15. The van der Waals surface area contributed by atoms with Crippen molar-refractivity contribution in [2.45, 2.75) is 50.8 Å². The second-order valence-electron chi connectivity index (χ2n) is 9.06. The molecule has 0 bridgehead atoms. The minimum atomic E-state index is -0.0748. The monoisotopic (exact) mass is 442 g/mol. The van der Waals surface area contributed by atoms with Gasteiger partial charge in [0.05, 0.1) is 10.7 Å². The molecule has 2 heterocycles. The van der Waals surface area contributed by atoms with Gasteiger partial charge >= 0.3 is 0 Å². The summed E-state index contributed by atoms with van der Waals surface area (Å²) in [5.41, 5.74) is 6.94. The van der Waals surface area contributed by atoms with Crippen molar-refractivity contribution >= 4 is 28.9 Å². The predicted octanol–water partition coefficient (Wildman–Crippen LogP) is 6.82. The fourth-order valence-corrected chi connectivity index (χ4v) is 6.57. The van der Waals surface area contributed by atoms with Crippen LogP contribution in [0, 0.1) is 0 Å². The first-order valence-corrected chi connectivity index (χ1v) is 12.4. The normalized spacial score (nSPS) is 24.1. The van der Waals surface area contributed by atoms with Crippen LogP contribution in [0.2, 0.25) is 0 Å². The average Bonchev–Trinajstić information content (AvgIpc) is 3.42. The molecule has 4 heteroatoms. The molecule has 164 valence electrons. The molecule has 2 aromatic carbocycles. The Morgan fingerprint density at radius 1 is 0.906 bits per heavy atom. The Bertz CT molecular complexity index is 1190. The molecular weight excluding hydrogens is 412 g/mol. The minimum Gasteiger partial charge on any atom is -0.344 e. The molecule has 32 heavy (non-hydrogen) atoms. The first-order chi connectivity index (χ1) is 15.5. The number of Topliss-reactive ketones (excluding diaryl/α,β-unsaturated/α-hetero) is 1. The SMILES string of the molecule is CCN1/C(=C2\CC/C(=C/C=C3\N(CC)c4ccccc4C3(C)C)C2=O)Sc2ccccc21. The molecule has 0 atom stereocenters. The van der Waals surface area contributed by atoms with Crippen LogP contribution < -0.4 is 9.80 Å². The van der Waals surface area contributed by atoms with E-state index in [1.165, 1.54) is 27.5 Å². The van der Waals surface area contributed by atoms with E-state index in [1.807, 2.05) is 0 Å². The molecule has 0 radical (unpaired) electrons. The third-order valence-corrected chi connectivity index (χ3v) is 8.18. The molecule has 2 aliphatic heterocycles. The van der Waals surface area contributed by atoms with Crippen LogP contribution in [-0.4, -0.2) is 18.9 Å². The van der Waals surface area contributed by atoms with Gasteiger partial charge in [0.25, 0.3) is 0 Å². The van der Waals surface area contributed by atoms with Gasteiger partial charge in [0.2, 0.25) is 0 Å². The summed E-state index contributed by atoms with van der Waals surface area (Å²) in [7, 11) is 0. The molecule has 5 rings (SSSR count). The highest BCUT2D eigenvalue weighted by atomic mass is 32.2. The van der Waals surface area contributed by atoms with E-state index in [0.717, 1.165) is 42.1 Å². The number of hydrogen-bond donors (Lipinski definition) is 0. The molecule has 0 N–H and O–H groups in total. The van der Waals surface area contributed by atoms with Gasteiger partial charge < -0.3 is 9.80 Å². The number of carbonyl (C=O) groups is 1. The Labute approximate surface area is 195 Å². The lowest BCUT2D eigenvalue weighted by molar-refractivity contribution is -0.111. The molecule has 3 nitrogen and oxygen atoms in total. The standard InChI is InChI=1S/C28H30N2OS/c1-5-29-22-12-8-7-11-21(22)28(3,4)25(29)18-16-19-15-17-20(26(19)31)27-30(6-2)23-13-9-10-14-24(23)32-27/h7-14,16,18H,5-6,15,17H2,1-4H3/b19-16-,25-18-,27-20-. The van der Waals surface area contributed by atoms with E-state index >= 15 is 0 Å². The number of benzene rings is 2. The highest BCUT2D eigenvalue weighted by molar-refractivity contribution is 8.03. The van der Waals surface area contributed by atoms with Gasteiger partial charge in [0.15, 0.2) is 5.78 Å². The summed E-state index contributed by atoms with van der Waals surface area (Å²) >= 11 is 1.74. The van der Waals surface area contributed by atoms with Crippen molar-refractivity contribution in [3.8, 4) is 0 Å². The van der Waals surface area contributed by atoms with Crippen LogP contribution in [0.15, 0.2) is 87.5 Å². The van der Waals surface area contributed by atoms with Crippen molar-refractivity contribution in [1.82, 2.24) is 0 Å². The van der Waals surface area contributed by atoms with Gasteiger partial charge in [-0.25, -0.2) is 0 Å². The van der Waals surface area contributed by atoms with Crippen LogP contribution >= 0.6 is 11.8 Å². The minimum absolute atomic E-state index is 0.0748. The van der Waals surface area contributed by atoms with Gasteiger partial charge in [-0.05, 0) is 56.5 Å². The highest BCUT2D eigenvalue weighted by Crippen LogP contribution is 2.50. The molecule has 0 amide bonds. The maximum absolute atomic E-state index is 13.4. The van der Waals surface area contributed by atoms with Crippen molar-refractivity contribution in [1.29, 1.82) is 0 Å². The number of ketones is 1. The summed E-state index contributed by atoms with van der Waals surface area (Å²) in [4.78, 5) is 19.4. The number of para-hydroxylation sites is 2. The lowest BCUT2D eigenvalue weighted by Gasteiger charge is -2.25. The third-order valence-electron chi connectivity index (χ3n) is 6.95. The molecular formula is C28H30N2OS. The first-order valence-electron chi connectivity index (χ1n) is 11.6. The van der Waals surface area contributed by atoms with Crippen molar-refractivity contribution in [2.75, 3.05) is 22.9 Å². The Morgan fingerprint density at radius 3 is 2.34 bits per heavy atom. The summed E-state index contributed by atoms with van der Waals surface area (Å²) in [5.74, 6) is 0.215. The van der Waals surface area contributed by atoms with Crippen LogP contribution in [0.25, 0.3) is 0 Å². The number of anilines is 2. The largest absolute Gasteiger partial charge is 0.344 e. The number of carbonyl (C=O) groups excluding carboxylic acids is 1. The molecule has 3 aliphatic rings. The molecule has 1 fully saturated rings. The van der Waals surface area contributed by atoms with Gasteiger partial charge in [-0.2, -0.15) is 0 Å². The number of allylic oxidation sites excluding steroid dienone is 5. The van der Waals surface area contributed by atoms with Crippen molar-refractivity contribution in [2.24, 2.45) is 0 Å². The maximum atomic E-state index is 13.4. The quantitative estimate of drug-likeness (QED) is 0.487. The van der Waals surface area contributed by atoms with E-state index in [0.29, 0.717) is 0 Å². The number of nitrogens with zero attached hydrogens (tertiary/aromatic N) is 2. The van der Waals surface area contributed by atoms with Crippen LogP contribution in [-0.2, 0) is 10.2 Å². The van der Waals surface area contributed by atoms with E-state index in [1.54, 1.807) is 11.8 Å². The molecule has 0 spiro atoms. The zero-order valence-corrected chi connectivity index (χ0v) is 20.1. The number of rotatable bonds is 3. The average molecular weight is 443 g/mol. The van der Waals surface area contributed by atoms with E-state index < -0.39 is 0 Å². The molecule has 0 saturated heterocycles. The van der Waals surface area contributed by atoms with Crippen LogP contribution in [0.3, 0.4) is 0 Å². The molecule has 2 aromatic rings. The fraction of sp³-hybridized carbons (Fsp3) is 0.321. The number of likely N-dealkylation sites (N-methyl/N-ethyl adjacent to an activating group) is 1. The highest BCUT2D eigenvalue weighted by Gasteiger charge is 2.39. The molecule has 1 saturated carbocycles. The second kappa shape index (κ2) is 8.00. The van der Waals surface area contributed by atoms with Gasteiger partial charge in [-0.1, -0.05) is 62.0 Å². The first kappa shape index (κ1) is 21.1. The second-order valence-corrected chi connectivity index (χ2v) is 10.1. The lowest BCUT2D eigenvalue weighted by Crippen LogP contribution is -2.25. The summed E-state index contributed by atoms with van der Waals surface area (Å²) in [5, 5.41) is 1.12. The Kier molecular flexibility index (Phi) is 5.29. The van der Waals surface area contributed by atoms with E-state index in [2.05, 4.69) is 98.2 Å². The van der Waals surface area contributed by atoms with Crippen LogP contribution in [0.4, 0.5) is 11.4 Å². The summed E-state index contributed by atoms with van der Waals surface area (Å²) in [6.45, 7) is 10.7. The summed E-state index contributed by atoms with van der Waals surface area (Å²) in [6.07, 6.45) is 5.92. The van der Waals surface area contributed by atoms with Gasteiger partial charge in [0.1, 0.15) is 0 Å². The molecule has 1 aliphatic carbocycles. The number of fused-ring (bicyclic) bond motifs is 2.